The molecular weight excluding hydrogens is 252 g/mol. The molecule has 1 atom stereocenters. The molecule has 0 aromatic heterocycles. The molecule has 0 fully saturated rings. The quantitative estimate of drug-likeness (QED) is 0.851. The average molecular weight is 261 g/mol. The SMILES string of the molecule is O=C(O)C1c2ccccc2Oc2ccc(Cl)cc21. The lowest BCUT2D eigenvalue weighted by Gasteiger charge is -2.25. The van der Waals surface area contributed by atoms with Crippen LogP contribution in [0.15, 0.2) is 42.5 Å². The van der Waals surface area contributed by atoms with Crippen LogP contribution in [-0.4, -0.2) is 11.1 Å². The molecule has 18 heavy (non-hydrogen) atoms. The van der Waals surface area contributed by atoms with Gasteiger partial charge >= 0.3 is 5.97 Å². The molecule has 2 aromatic carbocycles. The highest BCUT2D eigenvalue weighted by Gasteiger charge is 2.32. The van der Waals surface area contributed by atoms with Crippen molar-refractivity contribution in [1.29, 1.82) is 0 Å². The molecule has 1 aliphatic heterocycles. The highest BCUT2D eigenvalue weighted by molar-refractivity contribution is 6.30. The molecule has 0 aliphatic carbocycles. The highest BCUT2D eigenvalue weighted by atomic mass is 35.5. The predicted octanol–water partition coefficient (Wildman–Crippen LogP) is 3.66. The zero-order valence-corrected chi connectivity index (χ0v) is 10.0. The number of ether oxygens (including phenoxy) is 1. The molecule has 0 saturated heterocycles. The van der Waals surface area contributed by atoms with E-state index in [2.05, 4.69) is 0 Å². The Hall–Kier alpha value is -2.00. The smallest absolute Gasteiger partial charge is 0.315 e. The van der Waals surface area contributed by atoms with E-state index in [4.69, 9.17) is 16.3 Å². The van der Waals surface area contributed by atoms with Gasteiger partial charge < -0.3 is 9.84 Å². The third-order valence-electron chi connectivity index (χ3n) is 2.98. The molecule has 2 aromatic rings. The summed E-state index contributed by atoms with van der Waals surface area (Å²) in [5, 5.41) is 9.93. The summed E-state index contributed by atoms with van der Waals surface area (Å²) in [5.41, 5.74) is 1.24. The predicted molar refractivity (Wildman–Crippen MR) is 67.4 cm³/mol. The fourth-order valence-corrected chi connectivity index (χ4v) is 2.38. The van der Waals surface area contributed by atoms with E-state index >= 15 is 0 Å². The average Bonchev–Trinajstić information content (AvgIpc) is 2.35. The molecule has 1 heterocycles. The third kappa shape index (κ3) is 1.64. The first-order chi connectivity index (χ1) is 8.66. The van der Waals surface area contributed by atoms with Crippen LogP contribution in [-0.2, 0) is 4.79 Å². The van der Waals surface area contributed by atoms with Crippen LogP contribution in [0, 0.1) is 0 Å². The van der Waals surface area contributed by atoms with Crippen LogP contribution in [0.25, 0.3) is 0 Å². The van der Waals surface area contributed by atoms with Gasteiger partial charge in [-0.05, 0) is 24.3 Å². The molecule has 1 unspecified atom stereocenters. The van der Waals surface area contributed by atoms with Gasteiger partial charge in [0.2, 0.25) is 0 Å². The van der Waals surface area contributed by atoms with Crippen molar-refractivity contribution in [2.24, 2.45) is 0 Å². The molecule has 0 amide bonds. The summed E-state index contributed by atoms with van der Waals surface area (Å²) in [4.78, 5) is 11.5. The zero-order chi connectivity index (χ0) is 12.7. The summed E-state index contributed by atoms with van der Waals surface area (Å²) in [6.45, 7) is 0. The van der Waals surface area contributed by atoms with Gasteiger partial charge in [-0.3, -0.25) is 4.79 Å². The first-order valence-electron chi connectivity index (χ1n) is 5.46. The number of hydrogen-bond donors (Lipinski definition) is 1. The van der Waals surface area contributed by atoms with Crippen molar-refractivity contribution in [3.8, 4) is 11.5 Å². The lowest BCUT2D eigenvalue weighted by molar-refractivity contribution is -0.137. The van der Waals surface area contributed by atoms with E-state index in [0.717, 1.165) is 0 Å². The van der Waals surface area contributed by atoms with E-state index in [1.165, 1.54) is 0 Å². The number of carboxylic acid groups (broad SMARTS) is 1. The fourth-order valence-electron chi connectivity index (χ4n) is 2.20. The Morgan fingerprint density at radius 3 is 2.61 bits per heavy atom. The van der Waals surface area contributed by atoms with Gasteiger partial charge in [-0.15, -0.1) is 0 Å². The Balaban J connectivity index is 2.24. The molecule has 3 rings (SSSR count). The van der Waals surface area contributed by atoms with E-state index in [1.54, 1.807) is 36.4 Å². The number of fused-ring (bicyclic) bond motifs is 2. The number of carboxylic acids is 1. The molecule has 3 nitrogen and oxygen atoms in total. The monoisotopic (exact) mass is 260 g/mol. The minimum atomic E-state index is -0.908. The van der Waals surface area contributed by atoms with Crippen LogP contribution in [0.5, 0.6) is 11.5 Å². The standard InChI is InChI=1S/C14H9ClO3/c15-8-5-6-12-10(7-8)13(14(16)17)9-3-1-2-4-11(9)18-12/h1-7,13H,(H,16,17). The molecule has 90 valence electrons. The van der Waals surface area contributed by atoms with E-state index in [1.807, 2.05) is 6.07 Å². The van der Waals surface area contributed by atoms with E-state index < -0.39 is 11.9 Å². The maximum Gasteiger partial charge on any atom is 0.315 e. The van der Waals surface area contributed by atoms with Crippen molar-refractivity contribution in [2.75, 3.05) is 0 Å². The van der Waals surface area contributed by atoms with Gasteiger partial charge in [0.1, 0.15) is 17.4 Å². The maximum absolute atomic E-state index is 11.5. The van der Waals surface area contributed by atoms with Crippen molar-refractivity contribution in [2.45, 2.75) is 5.92 Å². The number of para-hydroxylation sites is 1. The van der Waals surface area contributed by atoms with Crippen molar-refractivity contribution in [1.82, 2.24) is 0 Å². The normalized spacial score (nSPS) is 16.4. The minimum absolute atomic E-state index is 0.503. The number of halogens is 1. The second kappa shape index (κ2) is 4.03. The molecule has 1 aliphatic rings. The van der Waals surface area contributed by atoms with Gasteiger partial charge in [0.25, 0.3) is 0 Å². The summed E-state index contributed by atoms with van der Waals surface area (Å²) in [7, 11) is 0. The number of carbonyl (C=O) groups is 1. The molecule has 1 N–H and O–H groups in total. The first kappa shape index (κ1) is 11.1. The Bertz CT molecular complexity index is 637. The van der Waals surface area contributed by atoms with Crippen molar-refractivity contribution in [3.05, 3.63) is 58.6 Å². The number of rotatable bonds is 1. The molecule has 0 radical (unpaired) electrons. The summed E-state index contributed by atoms with van der Waals surface area (Å²) < 4.78 is 5.69. The lowest BCUT2D eigenvalue weighted by atomic mass is 9.88. The van der Waals surface area contributed by atoms with Gasteiger partial charge in [0, 0.05) is 16.1 Å². The van der Waals surface area contributed by atoms with E-state index in [0.29, 0.717) is 27.6 Å². The molecular formula is C14H9ClO3. The van der Waals surface area contributed by atoms with Crippen LogP contribution < -0.4 is 4.74 Å². The fraction of sp³-hybridized carbons (Fsp3) is 0.0714. The second-order valence-corrected chi connectivity index (χ2v) is 4.53. The Kier molecular flexibility index (Phi) is 2.49. The largest absolute Gasteiger partial charge is 0.481 e. The van der Waals surface area contributed by atoms with Crippen LogP contribution in [0.1, 0.15) is 17.0 Å². The summed E-state index contributed by atoms with van der Waals surface area (Å²) in [6.07, 6.45) is 0. The van der Waals surface area contributed by atoms with Crippen molar-refractivity contribution >= 4 is 17.6 Å². The van der Waals surface area contributed by atoms with Gasteiger partial charge in [0.15, 0.2) is 0 Å². The van der Waals surface area contributed by atoms with Gasteiger partial charge in [-0.2, -0.15) is 0 Å². The summed E-state index contributed by atoms with van der Waals surface area (Å²) >= 11 is 5.93. The van der Waals surface area contributed by atoms with E-state index in [9.17, 15) is 9.90 Å². The molecule has 0 bridgehead atoms. The highest BCUT2D eigenvalue weighted by Crippen LogP contribution is 2.44. The zero-order valence-electron chi connectivity index (χ0n) is 9.26. The maximum atomic E-state index is 11.5. The van der Waals surface area contributed by atoms with Crippen LogP contribution >= 0.6 is 11.6 Å². The Labute approximate surface area is 109 Å². The Morgan fingerprint density at radius 1 is 1.11 bits per heavy atom. The topological polar surface area (TPSA) is 46.5 Å². The summed E-state index contributed by atoms with van der Waals surface area (Å²) in [6, 6.07) is 12.2. The number of hydrogen-bond acceptors (Lipinski definition) is 2. The van der Waals surface area contributed by atoms with Gasteiger partial charge in [-0.25, -0.2) is 0 Å². The molecule has 4 heteroatoms. The first-order valence-corrected chi connectivity index (χ1v) is 5.83. The number of aliphatic carboxylic acids is 1. The second-order valence-electron chi connectivity index (χ2n) is 4.09. The van der Waals surface area contributed by atoms with E-state index in [-0.39, 0.29) is 0 Å². The van der Waals surface area contributed by atoms with Crippen molar-refractivity contribution < 1.29 is 14.6 Å². The van der Waals surface area contributed by atoms with Gasteiger partial charge in [0.05, 0.1) is 0 Å². The third-order valence-corrected chi connectivity index (χ3v) is 3.21. The molecule has 0 saturated carbocycles. The summed E-state index contributed by atoms with van der Waals surface area (Å²) in [5.74, 6) is -0.511. The molecule has 0 spiro atoms. The Morgan fingerprint density at radius 2 is 1.83 bits per heavy atom. The van der Waals surface area contributed by atoms with Crippen molar-refractivity contribution in [3.63, 3.8) is 0 Å². The van der Waals surface area contributed by atoms with Crippen LogP contribution in [0.3, 0.4) is 0 Å². The van der Waals surface area contributed by atoms with Crippen LogP contribution in [0.2, 0.25) is 5.02 Å². The lowest BCUT2D eigenvalue weighted by Crippen LogP contribution is -2.18. The van der Waals surface area contributed by atoms with Crippen LogP contribution in [0.4, 0.5) is 0 Å². The van der Waals surface area contributed by atoms with Gasteiger partial charge in [-0.1, -0.05) is 29.8 Å². The number of benzene rings is 2. The minimum Gasteiger partial charge on any atom is -0.481 e.